The summed E-state index contributed by atoms with van der Waals surface area (Å²) in [7, 11) is 6.28. The zero-order chi connectivity index (χ0) is 39.8. The Bertz CT molecular complexity index is 1770. The van der Waals surface area contributed by atoms with Crippen molar-refractivity contribution in [3.05, 3.63) is 86.6 Å². The summed E-state index contributed by atoms with van der Waals surface area (Å²) in [5, 5.41) is 5.44. The van der Waals surface area contributed by atoms with E-state index in [0.717, 1.165) is 80.7 Å². The predicted octanol–water partition coefficient (Wildman–Crippen LogP) is 7.21. The first-order chi connectivity index (χ1) is 26.9. The van der Waals surface area contributed by atoms with Gasteiger partial charge in [0.05, 0.1) is 24.2 Å². The summed E-state index contributed by atoms with van der Waals surface area (Å²) in [5.74, 6) is -0.0236. The van der Waals surface area contributed by atoms with Crippen molar-refractivity contribution in [2.45, 2.75) is 96.4 Å². The van der Waals surface area contributed by atoms with Gasteiger partial charge in [-0.25, -0.2) is 4.79 Å². The summed E-state index contributed by atoms with van der Waals surface area (Å²) in [6.45, 7) is 8.95. The Morgan fingerprint density at radius 3 is 2.45 bits per heavy atom. The molecule has 3 amide bonds. The molecular formula is C44H61ClN6O4S. The van der Waals surface area contributed by atoms with Gasteiger partial charge in [0.2, 0.25) is 11.8 Å². The molecule has 1 spiro atoms. The normalized spacial score (nSPS) is 22.2. The number of carbonyl (C=O) groups is 3. The summed E-state index contributed by atoms with van der Waals surface area (Å²) in [5.41, 5.74) is 3.56. The number of nitrogens with one attached hydrogen (secondary N) is 1. The predicted molar refractivity (Wildman–Crippen MR) is 225 cm³/mol. The molecule has 2 atom stereocenters. The fraction of sp³-hybridized carbons (Fsp3) is 0.568. The van der Waals surface area contributed by atoms with Gasteiger partial charge in [0.15, 0.2) is 5.75 Å². The van der Waals surface area contributed by atoms with Gasteiger partial charge in [-0.15, -0.1) is 11.3 Å². The number of benzene rings is 2. The third kappa shape index (κ3) is 10.5. The molecule has 12 heteroatoms. The average Bonchev–Trinajstić information content (AvgIpc) is 3.87. The van der Waals surface area contributed by atoms with Crippen molar-refractivity contribution in [2.24, 2.45) is 5.41 Å². The first kappa shape index (κ1) is 42.1. The van der Waals surface area contributed by atoms with E-state index in [1.807, 2.05) is 37.4 Å². The van der Waals surface area contributed by atoms with Crippen LogP contribution in [0.3, 0.4) is 0 Å². The van der Waals surface area contributed by atoms with Crippen molar-refractivity contribution >= 4 is 40.8 Å². The monoisotopic (exact) mass is 804 g/mol. The van der Waals surface area contributed by atoms with Crippen LogP contribution in [0, 0.1) is 19.3 Å². The fourth-order valence-electron chi connectivity index (χ4n) is 8.88. The number of carbonyl (C=O) groups excluding carboxylic acids is 3. The number of ether oxygens (including phenoxy) is 1. The second-order valence-electron chi connectivity index (χ2n) is 16.6. The van der Waals surface area contributed by atoms with Gasteiger partial charge < -0.3 is 24.8 Å². The van der Waals surface area contributed by atoms with Crippen molar-refractivity contribution in [1.82, 2.24) is 29.8 Å². The number of hydrogen-bond acceptors (Lipinski definition) is 8. The second-order valence-corrected chi connectivity index (χ2v) is 18.0. The van der Waals surface area contributed by atoms with E-state index >= 15 is 0 Å². The van der Waals surface area contributed by atoms with Gasteiger partial charge in [-0.2, -0.15) is 0 Å². The Morgan fingerprint density at radius 2 is 1.73 bits per heavy atom. The molecular weight excluding hydrogens is 744 g/mol. The van der Waals surface area contributed by atoms with Crippen molar-refractivity contribution in [2.75, 3.05) is 60.4 Å². The van der Waals surface area contributed by atoms with E-state index in [1.165, 1.54) is 16.9 Å². The van der Waals surface area contributed by atoms with Crippen molar-refractivity contribution < 1.29 is 19.1 Å². The summed E-state index contributed by atoms with van der Waals surface area (Å²) in [6, 6.07) is 17.3. The molecule has 0 radical (unpaired) electrons. The van der Waals surface area contributed by atoms with Gasteiger partial charge in [-0.1, -0.05) is 60.5 Å². The number of nitrogens with zero attached hydrogens (tertiary/aromatic N) is 5. The van der Waals surface area contributed by atoms with Crippen LogP contribution in [0.25, 0.3) is 0 Å². The molecule has 1 aromatic heterocycles. The van der Waals surface area contributed by atoms with E-state index in [4.69, 9.17) is 16.3 Å². The van der Waals surface area contributed by atoms with Crippen molar-refractivity contribution in [3.63, 3.8) is 0 Å². The number of halogens is 1. The van der Waals surface area contributed by atoms with Crippen LogP contribution in [0.2, 0.25) is 5.02 Å². The Kier molecular flexibility index (Phi) is 14.5. The molecule has 1 aliphatic carbocycles. The quantitative estimate of drug-likeness (QED) is 0.172. The number of likely N-dealkylation sites (tertiary alicyclic amines) is 1. The zero-order valence-corrected chi connectivity index (χ0v) is 35.5. The molecule has 3 aromatic rings. The molecule has 304 valence electrons. The number of rotatable bonds is 14. The summed E-state index contributed by atoms with van der Waals surface area (Å²) < 4.78 is 5.80. The lowest BCUT2D eigenvalue weighted by Crippen LogP contribution is -2.64. The fourth-order valence-corrected chi connectivity index (χ4v) is 9.78. The molecule has 0 bridgehead atoms. The standard InChI is InChI=1S/C44H61ClN6O4S/c1-32-16-17-39(40(45)33(32)2)55-43(54)50-25-26-51(38(30-50)41(52)46-28-36-14-11-27-56-36)42(53)37(15-9-10-23-47(3)4)48(5)35-18-20-44(21-19-35)22-24-49(31-44)29-34-12-7-6-8-13-34/h6-8,11-14,16-17,27,35,37-38H,9-10,15,18-26,28-31H2,1-5H3,(H,46,52)/t35?,37-,38+,44?/m1/s1. The van der Waals surface area contributed by atoms with Crippen LogP contribution in [0.1, 0.15) is 72.9 Å². The third-order valence-corrected chi connectivity index (χ3v) is 13.9. The highest BCUT2D eigenvalue weighted by molar-refractivity contribution is 7.09. The van der Waals surface area contributed by atoms with Gasteiger partial charge in [0.25, 0.3) is 0 Å². The molecule has 2 aliphatic heterocycles. The van der Waals surface area contributed by atoms with E-state index in [1.54, 1.807) is 22.3 Å². The number of thiophene rings is 1. The number of aryl methyl sites for hydroxylation is 1. The van der Waals surface area contributed by atoms with Crippen LogP contribution < -0.4 is 10.1 Å². The Hall–Kier alpha value is -3.48. The Labute approximate surface area is 343 Å². The maximum absolute atomic E-state index is 14.9. The van der Waals surface area contributed by atoms with Gasteiger partial charge in [0, 0.05) is 37.1 Å². The number of hydrogen-bond donors (Lipinski definition) is 1. The molecule has 3 fully saturated rings. The Morgan fingerprint density at radius 1 is 0.964 bits per heavy atom. The smallest absolute Gasteiger partial charge is 0.409 e. The van der Waals surface area contributed by atoms with Gasteiger partial charge in [-0.05, 0) is 133 Å². The van der Waals surface area contributed by atoms with Gasteiger partial charge >= 0.3 is 6.09 Å². The molecule has 56 heavy (non-hydrogen) atoms. The first-order valence-corrected chi connectivity index (χ1v) is 21.6. The highest BCUT2D eigenvalue weighted by atomic mass is 35.5. The van der Waals surface area contributed by atoms with Crippen LogP contribution in [-0.2, 0) is 22.7 Å². The molecule has 10 nitrogen and oxygen atoms in total. The molecule has 2 saturated heterocycles. The van der Waals surface area contributed by atoms with Crippen LogP contribution >= 0.6 is 22.9 Å². The summed E-state index contributed by atoms with van der Waals surface area (Å²) >= 11 is 8.13. The SMILES string of the molecule is Cc1ccc(OC(=O)N2CCN(C(=O)[C@@H](CCCCN(C)C)N(C)C3CCC4(CC3)CCN(Cc3ccccc3)C4)[C@H](C(=O)NCc3cccs3)C2)c(Cl)c1C. The first-order valence-electron chi connectivity index (χ1n) is 20.4. The zero-order valence-electron chi connectivity index (χ0n) is 34.0. The molecule has 3 heterocycles. The van der Waals surface area contributed by atoms with Crippen molar-refractivity contribution in [3.8, 4) is 5.75 Å². The number of piperazine rings is 1. The second kappa shape index (κ2) is 19.3. The minimum Gasteiger partial charge on any atom is -0.409 e. The van der Waals surface area contributed by atoms with E-state index in [2.05, 4.69) is 71.5 Å². The van der Waals surface area contributed by atoms with Crippen LogP contribution in [0.15, 0.2) is 60.0 Å². The van der Waals surface area contributed by atoms with E-state index in [0.29, 0.717) is 23.4 Å². The lowest BCUT2D eigenvalue weighted by atomic mass is 9.71. The van der Waals surface area contributed by atoms with Gasteiger partial charge in [0.1, 0.15) is 6.04 Å². The van der Waals surface area contributed by atoms with E-state index in [9.17, 15) is 14.4 Å². The molecule has 6 rings (SSSR count). The molecule has 2 aromatic carbocycles. The number of unbranched alkanes of at least 4 members (excludes halogenated alkanes) is 1. The van der Waals surface area contributed by atoms with E-state index < -0.39 is 12.1 Å². The summed E-state index contributed by atoms with van der Waals surface area (Å²) in [6.07, 6.45) is 7.69. The molecule has 1 saturated carbocycles. The molecule has 0 unspecified atom stereocenters. The lowest BCUT2D eigenvalue weighted by Gasteiger charge is -2.46. The highest BCUT2D eigenvalue weighted by Gasteiger charge is 2.45. The topological polar surface area (TPSA) is 88.7 Å². The molecule has 1 N–H and O–H groups in total. The largest absolute Gasteiger partial charge is 0.415 e. The Balaban J connectivity index is 1.16. The number of likely N-dealkylation sites (N-methyl/N-ethyl adjacent to an activating group) is 1. The maximum Gasteiger partial charge on any atom is 0.415 e. The third-order valence-electron chi connectivity index (χ3n) is 12.5. The van der Waals surface area contributed by atoms with E-state index in [-0.39, 0.29) is 49.3 Å². The summed E-state index contributed by atoms with van der Waals surface area (Å²) in [4.78, 5) is 54.0. The number of amides is 3. The van der Waals surface area contributed by atoms with Gasteiger partial charge in [-0.3, -0.25) is 19.4 Å². The van der Waals surface area contributed by atoms with Crippen LogP contribution in [0.4, 0.5) is 4.79 Å². The van der Waals surface area contributed by atoms with Crippen molar-refractivity contribution in [1.29, 1.82) is 0 Å². The minimum atomic E-state index is -0.861. The molecule has 3 aliphatic rings. The lowest BCUT2D eigenvalue weighted by molar-refractivity contribution is -0.148. The highest BCUT2D eigenvalue weighted by Crippen LogP contribution is 2.45. The average molecular weight is 806 g/mol. The minimum absolute atomic E-state index is 0.0333. The van der Waals surface area contributed by atoms with Crippen LogP contribution in [0.5, 0.6) is 5.75 Å². The van der Waals surface area contributed by atoms with Crippen LogP contribution in [-0.4, -0.2) is 121 Å². The maximum atomic E-state index is 14.9.